The Morgan fingerprint density at radius 3 is 1.09 bits per heavy atom. The molecule has 1 atom stereocenters. The lowest BCUT2D eigenvalue weighted by atomic mass is 9.96. The van der Waals surface area contributed by atoms with Crippen LogP contribution in [0.15, 0.2) is 195 Å². The first-order valence-electron chi connectivity index (χ1n) is 56.0. The molecular weight excluding hydrogens is 1860 g/mol. The predicted molar refractivity (Wildman–Crippen MR) is 641 cm³/mol. The topological polar surface area (TPSA) is 234 Å². The van der Waals surface area contributed by atoms with E-state index in [2.05, 4.69) is 442 Å². The summed E-state index contributed by atoms with van der Waals surface area (Å²) in [6.45, 7) is 97.1. The van der Waals surface area contributed by atoms with Gasteiger partial charge in [-0.15, -0.1) is 0 Å². The maximum Gasteiger partial charge on any atom is 0.232 e. The third-order valence-corrected chi connectivity index (χ3v) is 23.7. The number of nitrogens with one attached hydrogen (secondary N) is 3. The minimum absolute atomic E-state index is 0.148. The fourth-order valence-electron chi connectivity index (χ4n) is 13.4. The molecule has 21 nitrogen and oxygen atoms in total. The van der Waals surface area contributed by atoms with E-state index in [0.29, 0.717) is 126 Å². The lowest BCUT2D eigenvalue weighted by Gasteiger charge is -2.20. The van der Waals surface area contributed by atoms with E-state index in [1.54, 1.807) is 38.8 Å². The molecule has 0 aliphatic heterocycles. The van der Waals surface area contributed by atoms with Gasteiger partial charge >= 0.3 is 0 Å². The van der Waals surface area contributed by atoms with Crippen LogP contribution in [0.5, 0.6) is 23.5 Å². The van der Waals surface area contributed by atoms with Crippen molar-refractivity contribution >= 4 is 29.1 Å². The van der Waals surface area contributed by atoms with E-state index in [9.17, 15) is 4.39 Å². The van der Waals surface area contributed by atoms with Gasteiger partial charge in [0, 0.05) is 124 Å². The summed E-state index contributed by atoms with van der Waals surface area (Å²) in [4.78, 5) is 56.7. The summed E-state index contributed by atoms with van der Waals surface area (Å²) < 4.78 is 34.4. The monoisotopic (exact) mass is 2060 g/mol. The molecule has 0 aliphatic carbocycles. The smallest absolute Gasteiger partial charge is 0.232 e. The van der Waals surface area contributed by atoms with Crippen molar-refractivity contribution in [2.45, 2.75) is 400 Å². The zero-order valence-corrected chi connectivity index (χ0v) is 102. The number of nitrogens with zero attached hydrogens (tertiary/aromatic N) is 14. The second-order valence-corrected chi connectivity index (χ2v) is 44.7. The van der Waals surface area contributed by atoms with E-state index in [1.807, 2.05) is 97.8 Å². The Hall–Kier alpha value is -11.3. The number of halogens is 1. The first-order chi connectivity index (χ1) is 70.7. The Balaban J connectivity index is 0.000000826. The molecule has 1 aromatic carbocycles. The van der Waals surface area contributed by atoms with Crippen molar-refractivity contribution in [1.29, 1.82) is 0 Å². The number of ether oxygens (including phenoxy) is 4. The van der Waals surface area contributed by atoms with E-state index in [4.69, 9.17) is 18.9 Å². The van der Waals surface area contributed by atoms with Gasteiger partial charge in [-0.25, -0.2) is 49.2 Å². The summed E-state index contributed by atoms with van der Waals surface area (Å²) in [6, 6.07) is 46.0. The molecular formula is C128H206FN17O4. The molecule has 0 amide bonds. The molecule has 150 heavy (non-hydrogen) atoms. The second kappa shape index (κ2) is 76.3. The van der Waals surface area contributed by atoms with Crippen LogP contribution in [-0.4, -0.2) is 132 Å². The Morgan fingerprint density at radius 1 is 0.320 bits per heavy atom. The van der Waals surface area contributed by atoms with Crippen molar-refractivity contribution in [3.63, 3.8) is 0 Å². The Morgan fingerprint density at radius 2 is 0.720 bits per heavy atom. The summed E-state index contributed by atoms with van der Waals surface area (Å²) in [5.74, 6) is 16.0. The number of hydrogen-bond acceptors (Lipinski definition) is 21. The summed E-state index contributed by atoms with van der Waals surface area (Å²) in [5, 5.41) is 9.85. The highest BCUT2D eigenvalue weighted by Gasteiger charge is 2.17. The Bertz CT molecular complexity index is 5160. The molecule has 0 saturated carbocycles. The van der Waals surface area contributed by atoms with Crippen LogP contribution in [0.2, 0.25) is 0 Å². The highest BCUT2D eigenvalue weighted by atomic mass is 19.1. The zero-order chi connectivity index (χ0) is 113. The normalized spacial score (nSPS) is 11.2. The van der Waals surface area contributed by atoms with Crippen molar-refractivity contribution in [1.82, 2.24) is 59.8 Å². The van der Waals surface area contributed by atoms with E-state index in [-0.39, 0.29) is 5.41 Å². The van der Waals surface area contributed by atoms with Gasteiger partial charge in [0.05, 0.1) is 50.7 Å². The first kappa shape index (κ1) is 137. The van der Waals surface area contributed by atoms with E-state index in [1.165, 1.54) is 63.2 Å². The quantitative estimate of drug-likeness (QED) is 0.0325. The molecule has 11 aromatic rings. The number of methoxy groups -OCH3 is 1. The second-order valence-electron chi connectivity index (χ2n) is 44.7. The average Bonchev–Trinajstić information content (AvgIpc) is 0.856. The molecule has 1 unspecified atom stereocenters. The molecule has 22 heteroatoms. The number of hydrogen-bond donors (Lipinski definition) is 3. The van der Waals surface area contributed by atoms with Crippen LogP contribution in [0.25, 0.3) is 0 Å². The molecule has 11 rings (SSSR count). The number of aromatic nitrogens is 12. The molecule has 0 bridgehead atoms. The van der Waals surface area contributed by atoms with Gasteiger partial charge in [-0.05, 0) is 262 Å². The summed E-state index contributed by atoms with van der Waals surface area (Å²) in [6.07, 6.45) is 22.4. The van der Waals surface area contributed by atoms with Crippen LogP contribution in [0, 0.1) is 29.1 Å². The highest BCUT2D eigenvalue weighted by molar-refractivity contribution is 5.42. The van der Waals surface area contributed by atoms with E-state index in [0.717, 1.165) is 116 Å². The van der Waals surface area contributed by atoms with E-state index < -0.39 is 6.17 Å². The van der Waals surface area contributed by atoms with Crippen molar-refractivity contribution in [3.8, 4) is 23.5 Å². The maximum atomic E-state index is 12.9. The van der Waals surface area contributed by atoms with Crippen molar-refractivity contribution in [2.75, 3.05) is 85.4 Å². The van der Waals surface area contributed by atoms with Crippen molar-refractivity contribution < 1.29 is 23.3 Å². The van der Waals surface area contributed by atoms with Gasteiger partial charge in [-0.2, -0.15) is 0 Å². The van der Waals surface area contributed by atoms with E-state index >= 15 is 0 Å². The lowest BCUT2D eigenvalue weighted by molar-refractivity contribution is 0.190. The summed E-state index contributed by atoms with van der Waals surface area (Å²) in [5.41, 5.74) is 15.4. The van der Waals surface area contributed by atoms with Crippen LogP contribution in [0.3, 0.4) is 0 Å². The molecule has 0 spiro atoms. The molecule has 0 fully saturated rings. The summed E-state index contributed by atoms with van der Waals surface area (Å²) in [7, 11) is 1.62. The highest BCUT2D eigenvalue weighted by Crippen LogP contribution is 2.28. The molecule has 10 aromatic heterocycles. The van der Waals surface area contributed by atoms with Crippen LogP contribution < -0.4 is 44.7 Å². The number of benzene rings is 1. The third-order valence-electron chi connectivity index (χ3n) is 23.7. The molecule has 0 radical (unpaired) electrons. The molecule has 834 valence electrons. The first-order valence-corrected chi connectivity index (χ1v) is 56.0. The third kappa shape index (κ3) is 61.3. The molecule has 0 aliphatic rings. The average molecular weight is 2070 g/mol. The van der Waals surface area contributed by atoms with Gasteiger partial charge in [0.2, 0.25) is 23.5 Å². The van der Waals surface area contributed by atoms with Crippen LogP contribution >= 0.6 is 0 Å². The number of anilines is 5. The standard InChI is InChI=1S/C14H23N.C13H21NO.C12H20N2O.3C12H20N2.C11H15F.C11H18N2O.2C11H18N2.C9H13NO/c1-5-12(6-2)9-14-8-7-13(10-15-14)11(3)4;1-10(2)7-8-15-13-6-5-12(9-14-13)11(3)4;1-9(2)10-6-13-7-11(14-10)15-8-12(3,4)5;1-9(2)7-13-12-6-5-11(8-14-12)10(3)4;1-5-14(6-2)12-8-7-11(9-13-12)10(3)4;1-5-14(6-2)12-9-7-8-11(13-12)10(3)4;1-8(2)10-5-4-6-11(7-10)9(3)12;1-8(2)7-14-11-6-12-5-10(13-11)9(3)4;1-8(2)10-5-6-11(12-7-10)13-9(3)4;1-8(2)10-6-5-7-11(13-10)12-9(3)4;1-7(2)8-4-5-9(11-3)10-6-8/h7-8,10-12H,5-6,9H2,1-4H3;5-6,9-11H,7-8H2,1-4H3;6-7,9H,8H2,1-5H3;5-6,8-10H,7H2,1-4H3,(H,13,14);2*7-10H,5-6H2,1-4H3;4-9H,1-3H3;5-6,8-9H,7H2,1-4H3;2*5-9H,1-4H3,(H,12,13);4-7H,1-3H3. The Labute approximate surface area is 912 Å². The lowest BCUT2D eigenvalue weighted by Crippen LogP contribution is -2.23. The predicted octanol–water partition coefficient (Wildman–Crippen LogP) is 35.0. The Kier molecular flexibility index (Phi) is 69.5. The number of rotatable bonds is 39. The minimum Gasteiger partial charge on any atom is -0.481 e. The van der Waals surface area contributed by atoms with Crippen molar-refractivity contribution in [2.24, 2.45) is 29.1 Å². The van der Waals surface area contributed by atoms with Crippen LogP contribution in [-0.2, 0) is 6.42 Å². The zero-order valence-electron chi connectivity index (χ0n) is 102. The van der Waals surface area contributed by atoms with Gasteiger partial charge in [0.1, 0.15) is 35.3 Å². The van der Waals surface area contributed by atoms with Crippen LogP contribution in [0.1, 0.15) is 454 Å². The fourth-order valence-corrected chi connectivity index (χ4v) is 13.4. The summed E-state index contributed by atoms with van der Waals surface area (Å²) >= 11 is 0. The van der Waals surface area contributed by atoms with Crippen LogP contribution in [0.4, 0.5) is 33.5 Å². The van der Waals surface area contributed by atoms with Gasteiger partial charge in [0.15, 0.2) is 0 Å². The van der Waals surface area contributed by atoms with Crippen molar-refractivity contribution in [3.05, 3.63) is 268 Å². The number of alkyl halides is 1. The fraction of sp³-hybridized carbons (Fsp3) is 0.578. The molecule has 10 heterocycles. The SMILES string of the molecule is CC(C)CCOc1ccc(C(C)C)cn1.CC(C)CNc1ccc(C(C)C)cn1.CC(C)COc1cncc(C(C)C)n1.CC(C)Nc1ccc(C(C)C)cn1.CC(C)Nc1cccc(C(C)C)n1.CC(C)c1cccc(C(C)F)c1.CC(C)c1cncc(OCC(C)(C)C)n1.CCC(CC)Cc1ccc(C(C)C)cn1.CCN(CC)c1ccc(C(C)C)cn1.CCN(CC)c1cccc(C(C)C)n1.COc1ccc(C(C)C)cn1. The van der Waals surface area contributed by atoms with Gasteiger partial charge in [-0.1, -0.05) is 314 Å². The molecule has 0 saturated heterocycles. The minimum atomic E-state index is -0.858. The van der Waals surface area contributed by atoms with Gasteiger partial charge in [-0.3, -0.25) is 15.0 Å². The van der Waals surface area contributed by atoms with Gasteiger partial charge < -0.3 is 44.7 Å². The largest absolute Gasteiger partial charge is 0.481 e. The van der Waals surface area contributed by atoms with Gasteiger partial charge in [0.25, 0.3) is 0 Å². The maximum absolute atomic E-state index is 12.9. The molecule has 3 N–H and O–H groups in total. The number of pyridine rings is 8.